The number of rotatable bonds is 7. The van der Waals surface area contributed by atoms with Crippen molar-refractivity contribution in [3.63, 3.8) is 0 Å². The van der Waals surface area contributed by atoms with Crippen molar-refractivity contribution in [3.8, 4) is 0 Å². The molecule has 1 aromatic carbocycles. The Hall–Kier alpha value is -0.670. The largest absolute Gasteiger partial charge is 0.316 e. The van der Waals surface area contributed by atoms with E-state index in [0.29, 0.717) is 12.2 Å². The van der Waals surface area contributed by atoms with Crippen LogP contribution in [0.15, 0.2) is 28.7 Å². The Kier molecular flexibility index (Phi) is 6.45. The van der Waals surface area contributed by atoms with Crippen LogP contribution in [0.3, 0.4) is 0 Å². The number of carbonyl (C=O) groups is 1. The van der Waals surface area contributed by atoms with E-state index in [0.717, 1.165) is 24.0 Å². The highest BCUT2D eigenvalue weighted by atomic mass is 79.9. The van der Waals surface area contributed by atoms with Gasteiger partial charge >= 0.3 is 0 Å². The first-order chi connectivity index (χ1) is 8.09. The number of hydrogen-bond donors (Lipinski definition) is 1. The van der Waals surface area contributed by atoms with E-state index >= 15 is 0 Å². The minimum atomic E-state index is 0.156. The Bertz CT molecular complexity index is 346. The molecule has 0 heterocycles. The summed E-state index contributed by atoms with van der Waals surface area (Å²) < 4.78 is 1.11. The van der Waals surface area contributed by atoms with E-state index in [2.05, 4.69) is 45.5 Å². The van der Waals surface area contributed by atoms with Gasteiger partial charge in [0.2, 0.25) is 0 Å². The van der Waals surface area contributed by atoms with Crippen LogP contribution in [0.5, 0.6) is 0 Å². The average Bonchev–Trinajstić information content (AvgIpc) is 2.30. The predicted molar refractivity (Wildman–Crippen MR) is 75.2 cm³/mol. The summed E-state index contributed by atoms with van der Waals surface area (Å²) in [5, 5.41) is 3.30. The monoisotopic (exact) mass is 297 g/mol. The number of carbonyl (C=O) groups excluding carboxylic acids is 1. The summed E-state index contributed by atoms with van der Waals surface area (Å²) in [7, 11) is 0. The number of ketones is 1. The van der Waals surface area contributed by atoms with Crippen molar-refractivity contribution < 1.29 is 4.79 Å². The van der Waals surface area contributed by atoms with Gasteiger partial charge in [0, 0.05) is 23.4 Å². The zero-order valence-corrected chi connectivity index (χ0v) is 12.1. The second-order valence-corrected chi connectivity index (χ2v) is 5.41. The first-order valence-corrected chi connectivity index (χ1v) is 6.87. The number of halogens is 1. The second kappa shape index (κ2) is 7.62. The summed E-state index contributed by atoms with van der Waals surface area (Å²) in [5.41, 5.74) is 1.32. The Labute approximate surface area is 112 Å². The third kappa shape index (κ3) is 5.99. The quantitative estimate of drug-likeness (QED) is 0.783. The summed E-state index contributed by atoms with van der Waals surface area (Å²) in [5.74, 6) is 0.490. The molecule has 0 spiro atoms. The Morgan fingerprint density at radius 2 is 1.88 bits per heavy atom. The van der Waals surface area contributed by atoms with Crippen LogP contribution in [0.2, 0.25) is 0 Å². The van der Waals surface area contributed by atoms with Gasteiger partial charge in [0.05, 0.1) is 0 Å². The van der Waals surface area contributed by atoms with Gasteiger partial charge in [0.1, 0.15) is 5.78 Å². The molecule has 0 unspecified atom stereocenters. The Morgan fingerprint density at radius 1 is 1.24 bits per heavy atom. The minimum Gasteiger partial charge on any atom is -0.316 e. The molecule has 17 heavy (non-hydrogen) atoms. The lowest BCUT2D eigenvalue weighted by atomic mass is 10.1. The second-order valence-electron chi connectivity index (χ2n) is 4.50. The molecule has 94 valence electrons. The molecule has 1 rings (SSSR count). The summed E-state index contributed by atoms with van der Waals surface area (Å²) in [4.78, 5) is 11.4. The molecule has 0 saturated heterocycles. The molecule has 0 aliphatic heterocycles. The molecule has 0 aromatic heterocycles. The summed E-state index contributed by atoms with van der Waals surface area (Å²) in [6, 6.07) is 8.34. The highest BCUT2D eigenvalue weighted by Crippen LogP contribution is 2.10. The third-order valence-corrected chi connectivity index (χ3v) is 3.22. The van der Waals surface area contributed by atoms with Gasteiger partial charge in [-0.1, -0.05) is 41.9 Å². The van der Waals surface area contributed by atoms with Gasteiger partial charge < -0.3 is 5.32 Å². The van der Waals surface area contributed by atoms with Gasteiger partial charge in [-0.3, -0.25) is 4.79 Å². The number of hydrogen-bond acceptors (Lipinski definition) is 2. The van der Waals surface area contributed by atoms with Crippen LogP contribution < -0.4 is 5.32 Å². The minimum absolute atomic E-state index is 0.156. The number of nitrogens with one attached hydrogen (secondary N) is 1. The van der Waals surface area contributed by atoms with Crippen LogP contribution in [-0.4, -0.2) is 18.9 Å². The van der Waals surface area contributed by atoms with Crippen molar-refractivity contribution in [3.05, 3.63) is 34.3 Å². The van der Waals surface area contributed by atoms with E-state index in [-0.39, 0.29) is 5.92 Å². The van der Waals surface area contributed by atoms with Crippen LogP contribution in [0.4, 0.5) is 0 Å². The Balaban J connectivity index is 2.12. The van der Waals surface area contributed by atoms with E-state index < -0.39 is 0 Å². The highest BCUT2D eigenvalue weighted by molar-refractivity contribution is 9.10. The van der Waals surface area contributed by atoms with E-state index in [1.165, 1.54) is 5.56 Å². The molecule has 2 nitrogen and oxygen atoms in total. The number of Topliss-reactive ketones (excluding diaryl/α,β-unsaturated/α-hetero) is 1. The van der Waals surface area contributed by atoms with Crippen molar-refractivity contribution in [2.75, 3.05) is 13.1 Å². The maximum Gasteiger partial charge on any atom is 0.136 e. The van der Waals surface area contributed by atoms with Gasteiger partial charge in [0.15, 0.2) is 0 Å². The molecular weight excluding hydrogens is 278 g/mol. The van der Waals surface area contributed by atoms with Crippen molar-refractivity contribution in [1.82, 2.24) is 5.32 Å². The molecule has 0 aliphatic carbocycles. The van der Waals surface area contributed by atoms with Gasteiger partial charge in [-0.15, -0.1) is 0 Å². The molecule has 0 radical (unpaired) electrons. The van der Waals surface area contributed by atoms with Crippen LogP contribution >= 0.6 is 15.9 Å². The molecule has 0 aliphatic rings. The van der Waals surface area contributed by atoms with Crippen molar-refractivity contribution in [2.45, 2.75) is 26.7 Å². The molecule has 0 amide bonds. The number of benzene rings is 1. The average molecular weight is 298 g/mol. The topological polar surface area (TPSA) is 29.1 Å². The molecule has 1 aromatic rings. The van der Waals surface area contributed by atoms with Crippen LogP contribution in [0, 0.1) is 5.92 Å². The van der Waals surface area contributed by atoms with Crippen LogP contribution in [0.1, 0.15) is 25.8 Å². The zero-order chi connectivity index (χ0) is 12.7. The van der Waals surface area contributed by atoms with E-state index in [9.17, 15) is 4.79 Å². The predicted octanol–water partition coefficient (Wildman–Crippen LogP) is 3.20. The molecule has 0 saturated carbocycles. The van der Waals surface area contributed by atoms with Gasteiger partial charge in [0.25, 0.3) is 0 Å². The van der Waals surface area contributed by atoms with Crippen molar-refractivity contribution in [1.29, 1.82) is 0 Å². The smallest absolute Gasteiger partial charge is 0.136 e. The van der Waals surface area contributed by atoms with Crippen molar-refractivity contribution in [2.24, 2.45) is 5.92 Å². The maximum atomic E-state index is 11.4. The van der Waals surface area contributed by atoms with Crippen LogP contribution in [0.25, 0.3) is 0 Å². The lowest BCUT2D eigenvalue weighted by Gasteiger charge is -2.06. The first-order valence-electron chi connectivity index (χ1n) is 6.07. The third-order valence-electron chi connectivity index (χ3n) is 2.70. The maximum absolute atomic E-state index is 11.4. The SMILES string of the molecule is CC(C)C(=O)CCNCCc1ccc(Br)cc1. The van der Waals surface area contributed by atoms with Gasteiger partial charge in [-0.05, 0) is 30.7 Å². The summed E-state index contributed by atoms with van der Waals surface area (Å²) in [6.45, 7) is 5.61. The van der Waals surface area contributed by atoms with Gasteiger partial charge in [-0.25, -0.2) is 0 Å². The lowest BCUT2D eigenvalue weighted by Crippen LogP contribution is -2.22. The molecule has 3 heteroatoms. The zero-order valence-electron chi connectivity index (χ0n) is 10.5. The molecule has 0 bridgehead atoms. The van der Waals surface area contributed by atoms with Crippen molar-refractivity contribution >= 4 is 21.7 Å². The summed E-state index contributed by atoms with van der Waals surface area (Å²) in [6.07, 6.45) is 1.64. The first kappa shape index (κ1) is 14.4. The highest BCUT2D eigenvalue weighted by Gasteiger charge is 2.05. The molecule has 1 N–H and O–H groups in total. The van der Waals surface area contributed by atoms with E-state index in [4.69, 9.17) is 0 Å². The fourth-order valence-corrected chi connectivity index (χ4v) is 1.77. The normalized spacial score (nSPS) is 10.8. The fraction of sp³-hybridized carbons (Fsp3) is 0.500. The molecule has 0 atom stereocenters. The lowest BCUT2D eigenvalue weighted by molar-refractivity contribution is -0.121. The molecular formula is C14H20BrNO. The van der Waals surface area contributed by atoms with Crippen LogP contribution in [-0.2, 0) is 11.2 Å². The van der Waals surface area contributed by atoms with Gasteiger partial charge in [-0.2, -0.15) is 0 Å². The van der Waals surface area contributed by atoms with E-state index in [1.807, 2.05) is 13.8 Å². The molecule has 0 fully saturated rings. The van der Waals surface area contributed by atoms with E-state index in [1.54, 1.807) is 0 Å². The Morgan fingerprint density at radius 3 is 2.47 bits per heavy atom. The fourth-order valence-electron chi connectivity index (χ4n) is 1.51. The standard InChI is InChI=1S/C14H20BrNO/c1-11(2)14(17)8-10-16-9-7-12-3-5-13(15)6-4-12/h3-6,11,16H,7-10H2,1-2H3. The summed E-state index contributed by atoms with van der Waals surface area (Å²) >= 11 is 3.41.